The molecule has 0 aliphatic carbocycles. The van der Waals surface area contributed by atoms with Crippen LogP contribution in [0.25, 0.3) is 11.3 Å². The molecule has 2 aromatic rings. The number of pyridine rings is 1. The molecule has 0 N–H and O–H groups in total. The molecule has 0 spiro atoms. The van der Waals surface area contributed by atoms with Gasteiger partial charge in [0.2, 0.25) is 0 Å². The highest BCUT2D eigenvalue weighted by Crippen LogP contribution is 2.66. The van der Waals surface area contributed by atoms with E-state index in [2.05, 4.69) is 84.1 Å². The number of hydrogen-bond acceptors (Lipinski definition) is 1. The summed E-state index contributed by atoms with van der Waals surface area (Å²) < 4.78 is 0. The minimum Gasteiger partial charge on any atom is -0.255 e. The second-order valence-electron chi connectivity index (χ2n) is 6.65. The third kappa shape index (κ3) is 2.94. The molecule has 2 heteroatoms. The number of hydrogen-bond donors (Lipinski definition) is 0. The molecule has 0 fully saturated rings. The maximum atomic E-state index is 4.78. The maximum absolute atomic E-state index is 4.78. The first-order chi connectivity index (χ1) is 10.4. The maximum Gasteiger partial charge on any atom is 0.0702 e. The predicted octanol–water partition coefficient (Wildman–Crippen LogP) is 6.14. The van der Waals surface area contributed by atoms with Crippen LogP contribution in [-0.2, 0) is 0 Å². The van der Waals surface area contributed by atoms with Crippen molar-refractivity contribution >= 4 is 10.0 Å². The van der Waals surface area contributed by atoms with E-state index >= 15 is 0 Å². The SMILES string of the molecule is CC(C)S(c1ccc(-c2ccccc2)nc1)(C(C)C)C(C)C. The zero-order valence-corrected chi connectivity index (χ0v) is 15.5. The number of rotatable bonds is 5. The molecule has 1 aromatic heterocycles. The average Bonchev–Trinajstić information content (AvgIpc) is 2.48. The van der Waals surface area contributed by atoms with Crippen LogP contribution >= 0.6 is 10.0 Å². The van der Waals surface area contributed by atoms with Crippen LogP contribution in [0, 0.1) is 0 Å². The Morgan fingerprint density at radius 1 is 0.727 bits per heavy atom. The summed E-state index contributed by atoms with van der Waals surface area (Å²) in [5.74, 6) is 0. The van der Waals surface area contributed by atoms with Gasteiger partial charge in [0.15, 0.2) is 0 Å². The van der Waals surface area contributed by atoms with Crippen LogP contribution in [0.15, 0.2) is 53.6 Å². The first-order valence-electron chi connectivity index (χ1n) is 8.22. The minimum atomic E-state index is -0.886. The fourth-order valence-corrected chi connectivity index (χ4v) is 9.26. The number of nitrogens with zero attached hydrogens (tertiary/aromatic N) is 1. The van der Waals surface area contributed by atoms with Gasteiger partial charge in [-0.3, -0.25) is 4.98 Å². The van der Waals surface area contributed by atoms with Crippen LogP contribution in [0.2, 0.25) is 0 Å². The highest BCUT2D eigenvalue weighted by molar-refractivity contribution is 8.35. The highest BCUT2D eigenvalue weighted by atomic mass is 32.3. The Bertz CT molecular complexity index is 563. The van der Waals surface area contributed by atoms with E-state index < -0.39 is 10.0 Å². The van der Waals surface area contributed by atoms with Crippen LogP contribution in [0.1, 0.15) is 41.5 Å². The molecule has 1 aromatic carbocycles. The van der Waals surface area contributed by atoms with E-state index in [4.69, 9.17) is 4.98 Å². The van der Waals surface area contributed by atoms with Gasteiger partial charge in [0.1, 0.15) is 0 Å². The lowest BCUT2D eigenvalue weighted by molar-refractivity contribution is 0.931. The second-order valence-corrected chi connectivity index (χ2v) is 11.5. The van der Waals surface area contributed by atoms with E-state index in [0.717, 1.165) is 5.69 Å². The van der Waals surface area contributed by atoms with Crippen molar-refractivity contribution in [3.05, 3.63) is 48.7 Å². The Labute approximate surface area is 137 Å². The highest BCUT2D eigenvalue weighted by Gasteiger charge is 2.36. The molecule has 0 saturated carbocycles. The molecule has 0 radical (unpaired) electrons. The Kier molecular flexibility index (Phi) is 5.33. The van der Waals surface area contributed by atoms with Crippen molar-refractivity contribution in [1.82, 2.24) is 4.98 Å². The van der Waals surface area contributed by atoms with Gasteiger partial charge in [-0.25, -0.2) is 10.0 Å². The second kappa shape index (κ2) is 6.87. The summed E-state index contributed by atoms with van der Waals surface area (Å²) in [4.78, 5) is 6.23. The summed E-state index contributed by atoms with van der Waals surface area (Å²) in [6, 6.07) is 14.9. The molecular formula is C20H29NS. The molecule has 120 valence electrons. The third-order valence-corrected chi connectivity index (χ3v) is 10.3. The predicted molar refractivity (Wildman–Crippen MR) is 101 cm³/mol. The summed E-state index contributed by atoms with van der Waals surface area (Å²) >= 11 is 0. The topological polar surface area (TPSA) is 12.9 Å². The monoisotopic (exact) mass is 315 g/mol. The molecule has 0 aliphatic rings. The molecular weight excluding hydrogens is 286 g/mol. The van der Waals surface area contributed by atoms with Crippen LogP contribution in [0.3, 0.4) is 0 Å². The summed E-state index contributed by atoms with van der Waals surface area (Å²) in [5.41, 5.74) is 2.25. The van der Waals surface area contributed by atoms with Gasteiger partial charge >= 0.3 is 0 Å². The molecule has 2 rings (SSSR count). The fourth-order valence-electron chi connectivity index (χ4n) is 3.82. The van der Waals surface area contributed by atoms with Crippen molar-refractivity contribution in [3.8, 4) is 11.3 Å². The quantitative estimate of drug-likeness (QED) is 0.646. The van der Waals surface area contributed by atoms with Crippen LogP contribution < -0.4 is 0 Å². The van der Waals surface area contributed by atoms with E-state index in [1.807, 2.05) is 6.07 Å². The van der Waals surface area contributed by atoms with Crippen molar-refractivity contribution < 1.29 is 0 Å². The lowest BCUT2D eigenvalue weighted by Gasteiger charge is -2.51. The Balaban J connectivity index is 2.47. The van der Waals surface area contributed by atoms with Gasteiger partial charge in [0, 0.05) is 16.7 Å². The lowest BCUT2D eigenvalue weighted by Crippen LogP contribution is -2.29. The minimum absolute atomic E-state index is 0.664. The lowest BCUT2D eigenvalue weighted by atomic mass is 10.1. The summed E-state index contributed by atoms with van der Waals surface area (Å²) in [7, 11) is -0.886. The molecule has 22 heavy (non-hydrogen) atoms. The zero-order valence-electron chi connectivity index (χ0n) is 14.7. The average molecular weight is 316 g/mol. The van der Waals surface area contributed by atoms with E-state index in [1.54, 1.807) is 0 Å². The first kappa shape index (κ1) is 17.1. The third-order valence-electron chi connectivity index (χ3n) is 4.55. The van der Waals surface area contributed by atoms with Crippen molar-refractivity contribution in [2.75, 3.05) is 0 Å². The fraction of sp³-hybridized carbons (Fsp3) is 0.450. The molecule has 0 aliphatic heterocycles. The van der Waals surface area contributed by atoms with Gasteiger partial charge in [-0.05, 0) is 27.9 Å². The van der Waals surface area contributed by atoms with E-state index in [0.29, 0.717) is 15.7 Å². The standard InChI is InChI=1S/C20H29NS/c1-15(2)22(16(3)4,17(5)6)19-12-13-20(21-14-19)18-10-8-7-9-11-18/h7-17H,1-6H3. The molecule has 1 nitrogen and oxygen atoms in total. The molecule has 0 saturated heterocycles. The van der Waals surface area contributed by atoms with Gasteiger partial charge in [-0.1, -0.05) is 71.9 Å². The Morgan fingerprint density at radius 2 is 1.27 bits per heavy atom. The van der Waals surface area contributed by atoms with Gasteiger partial charge in [0.05, 0.1) is 5.69 Å². The van der Waals surface area contributed by atoms with E-state index in [-0.39, 0.29) is 0 Å². The smallest absolute Gasteiger partial charge is 0.0702 e. The summed E-state index contributed by atoms with van der Waals surface area (Å²) in [5, 5.41) is 1.99. The zero-order chi connectivity index (χ0) is 16.3. The normalized spacial score (nSPS) is 13.1. The Morgan fingerprint density at radius 3 is 1.68 bits per heavy atom. The summed E-state index contributed by atoms with van der Waals surface area (Å²) in [6.07, 6.45) is 2.14. The number of benzene rings is 1. The largest absolute Gasteiger partial charge is 0.255 e. The van der Waals surface area contributed by atoms with E-state index in [1.165, 1.54) is 10.5 Å². The summed E-state index contributed by atoms with van der Waals surface area (Å²) in [6.45, 7) is 14.3. The Hall–Kier alpha value is -1.28. The first-order valence-corrected chi connectivity index (χ1v) is 10.0. The van der Waals surface area contributed by atoms with Crippen molar-refractivity contribution in [2.24, 2.45) is 0 Å². The van der Waals surface area contributed by atoms with Crippen molar-refractivity contribution in [3.63, 3.8) is 0 Å². The van der Waals surface area contributed by atoms with Crippen molar-refractivity contribution in [1.29, 1.82) is 0 Å². The van der Waals surface area contributed by atoms with Crippen molar-refractivity contribution in [2.45, 2.75) is 62.2 Å². The molecule has 0 amide bonds. The molecule has 0 bridgehead atoms. The van der Waals surface area contributed by atoms with Crippen LogP contribution in [0.4, 0.5) is 0 Å². The molecule has 1 heterocycles. The van der Waals surface area contributed by atoms with Gasteiger partial charge < -0.3 is 0 Å². The van der Waals surface area contributed by atoms with Crippen LogP contribution in [0.5, 0.6) is 0 Å². The van der Waals surface area contributed by atoms with Crippen LogP contribution in [-0.4, -0.2) is 20.7 Å². The number of aromatic nitrogens is 1. The van der Waals surface area contributed by atoms with Gasteiger partial charge in [0.25, 0.3) is 0 Å². The van der Waals surface area contributed by atoms with Gasteiger partial charge in [-0.15, -0.1) is 0 Å². The van der Waals surface area contributed by atoms with E-state index in [9.17, 15) is 0 Å². The van der Waals surface area contributed by atoms with Gasteiger partial charge in [-0.2, -0.15) is 0 Å². The molecule has 0 atom stereocenters. The molecule has 0 unspecified atom stereocenters.